The van der Waals surface area contributed by atoms with E-state index in [1.54, 1.807) is 6.08 Å². The van der Waals surface area contributed by atoms with Gasteiger partial charge in [0.15, 0.2) is 6.10 Å². The van der Waals surface area contributed by atoms with Gasteiger partial charge in [0.2, 0.25) is 0 Å². The predicted molar refractivity (Wildman–Crippen MR) is 95.0 cm³/mol. The van der Waals surface area contributed by atoms with Crippen molar-refractivity contribution in [2.45, 2.75) is 58.5 Å². The summed E-state index contributed by atoms with van der Waals surface area (Å²) in [4.78, 5) is 37.3. The van der Waals surface area contributed by atoms with Crippen LogP contribution in [-0.2, 0) is 14.3 Å². The zero-order valence-corrected chi connectivity index (χ0v) is 15.6. The van der Waals surface area contributed by atoms with Crippen LogP contribution in [0.2, 0.25) is 0 Å². The summed E-state index contributed by atoms with van der Waals surface area (Å²) in [5, 5.41) is 2.58. The molecule has 1 atom stereocenters. The summed E-state index contributed by atoms with van der Waals surface area (Å²) < 4.78 is 5.32. The van der Waals surface area contributed by atoms with Crippen LogP contribution >= 0.6 is 0 Å². The van der Waals surface area contributed by atoms with Gasteiger partial charge in [-0.3, -0.25) is 9.69 Å². The Labute approximate surface area is 154 Å². The lowest BCUT2D eigenvalue weighted by Gasteiger charge is -2.57. The average Bonchev–Trinajstić information content (AvgIpc) is 2.98. The van der Waals surface area contributed by atoms with Gasteiger partial charge in [0.05, 0.1) is 0 Å². The van der Waals surface area contributed by atoms with E-state index in [9.17, 15) is 14.4 Å². The number of urea groups is 1. The van der Waals surface area contributed by atoms with E-state index in [1.807, 2.05) is 0 Å². The molecular weight excluding hydrogens is 332 g/mol. The fraction of sp³-hybridized carbons (Fsp3) is 0.750. The Morgan fingerprint density at radius 3 is 2.27 bits per heavy atom. The molecule has 1 unspecified atom stereocenters. The highest BCUT2D eigenvalue weighted by Crippen LogP contribution is 2.62. The molecule has 1 saturated heterocycles. The lowest BCUT2D eigenvalue weighted by Crippen LogP contribution is -2.46. The van der Waals surface area contributed by atoms with Gasteiger partial charge in [0.25, 0.3) is 5.91 Å². The van der Waals surface area contributed by atoms with Crippen molar-refractivity contribution in [2.24, 2.45) is 23.2 Å². The molecule has 0 radical (unpaired) electrons. The molecule has 5 aliphatic rings. The van der Waals surface area contributed by atoms with Crippen LogP contribution in [0.1, 0.15) is 52.4 Å². The monoisotopic (exact) mass is 360 g/mol. The van der Waals surface area contributed by atoms with Crippen LogP contribution in [0.5, 0.6) is 0 Å². The standard InChI is InChI=1S/C20H28N2O4/c1-12(20-9-14-6-15(10-20)8-16(7-14)11-20)5-17(23)26-13(2)18(24)22-4-3-21-19(22)25/h5,13-16H,3-4,6-11H2,1-2H3,(H,21,25)/b12-5+. The van der Waals surface area contributed by atoms with Crippen LogP contribution in [0.4, 0.5) is 4.79 Å². The minimum absolute atomic E-state index is 0.163. The van der Waals surface area contributed by atoms with Gasteiger partial charge in [-0.1, -0.05) is 5.57 Å². The van der Waals surface area contributed by atoms with Crippen LogP contribution in [0.25, 0.3) is 0 Å². The SMILES string of the molecule is C/C(=C\C(=O)OC(C)C(=O)N1CCNC1=O)C12CC3CC(CC(C3)C1)C2. The minimum Gasteiger partial charge on any atom is -0.449 e. The highest BCUT2D eigenvalue weighted by molar-refractivity contribution is 5.98. The third-order valence-electron chi connectivity index (χ3n) is 6.97. The number of rotatable bonds is 4. The number of carbonyl (C=O) groups is 3. The van der Waals surface area contributed by atoms with E-state index in [-0.39, 0.29) is 5.41 Å². The molecule has 142 valence electrons. The summed E-state index contributed by atoms with van der Waals surface area (Å²) in [5.41, 5.74) is 1.27. The van der Waals surface area contributed by atoms with Crippen molar-refractivity contribution in [3.8, 4) is 0 Å². The Hall–Kier alpha value is -1.85. The highest BCUT2D eigenvalue weighted by Gasteiger charge is 2.51. The Morgan fingerprint density at radius 2 is 1.77 bits per heavy atom. The van der Waals surface area contributed by atoms with Gasteiger partial charge in [0, 0.05) is 19.2 Å². The third-order valence-corrected chi connectivity index (χ3v) is 6.97. The van der Waals surface area contributed by atoms with Crippen molar-refractivity contribution >= 4 is 17.9 Å². The molecule has 1 heterocycles. The number of imide groups is 1. The molecule has 1 N–H and O–H groups in total. The lowest BCUT2D eigenvalue weighted by atomic mass is 9.48. The second kappa shape index (κ2) is 6.39. The summed E-state index contributed by atoms with van der Waals surface area (Å²) in [6, 6.07) is -0.418. The molecular formula is C20H28N2O4. The first-order valence-corrected chi connectivity index (χ1v) is 9.85. The van der Waals surface area contributed by atoms with Crippen LogP contribution in [-0.4, -0.2) is 42.0 Å². The molecule has 4 bridgehead atoms. The fourth-order valence-corrected chi connectivity index (χ4v) is 6.08. The maximum atomic E-state index is 12.4. The van der Waals surface area contributed by atoms with Crippen molar-refractivity contribution in [1.29, 1.82) is 0 Å². The maximum absolute atomic E-state index is 12.4. The molecule has 0 spiro atoms. The number of hydrogen-bond donors (Lipinski definition) is 1. The predicted octanol–water partition coefficient (Wildman–Crippen LogP) is 2.63. The van der Waals surface area contributed by atoms with Gasteiger partial charge in [-0.15, -0.1) is 0 Å². The molecule has 0 aromatic heterocycles. The van der Waals surface area contributed by atoms with Crippen LogP contribution in [0, 0.1) is 23.2 Å². The fourth-order valence-electron chi connectivity index (χ4n) is 6.08. The third kappa shape index (κ3) is 3.03. The van der Waals surface area contributed by atoms with E-state index in [0.29, 0.717) is 13.1 Å². The average molecular weight is 360 g/mol. The first kappa shape index (κ1) is 17.6. The molecule has 6 nitrogen and oxygen atoms in total. The van der Waals surface area contributed by atoms with Crippen LogP contribution in [0.15, 0.2) is 11.6 Å². The van der Waals surface area contributed by atoms with Crippen molar-refractivity contribution in [3.05, 3.63) is 11.6 Å². The molecule has 5 fully saturated rings. The topological polar surface area (TPSA) is 75.7 Å². The van der Waals surface area contributed by atoms with E-state index in [2.05, 4.69) is 12.2 Å². The lowest BCUT2D eigenvalue weighted by molar-refractivity contribution is -0.153. The summed E-state index contributed by atoms with van der Waals surface area (Å²) in [6.07, 6.45) is 8.31. The Balaban J connectivity index is 1.40. The minimum atomic E-state index is -0.952. The number of esters is 1. The van der Waals surface area contributed by atoms with E-state index in [4.69, 9.17) is 4.74 Å². The highest BCUT2D eigenvalue weighted by atomic mass is 16.5. The van der Waals surface area contributed by atoms with Gasteiger partial charge in [-0.2, -0.15) is 0 Å². The molecule has 26 heavy (non-hydrogen) atoms. The molecule has 0 aromatic rings. The zero-order chi connectivity index (χ0) is 18.5. The molecule has 6 heteroatoms. The van der Waals surface area contributed by atoms with Gasteiger partial charge in [0.1, 0.15) is 0 Å². The quantitative estimate of drug-likeness (QED) is 0.618. The van der Waals surface area contributed by atoms with Crippen molar-refractivity contribution in [2.75, 3.05) is 13.1 Å². The Kier molecular flexibility index (Phi) is 4.32. The first-order valence-electron chi connectivity index (χ1n) is 9.85. The van der Waals surface area contributed by atoms with Crippen LogP contribution in [0.3, 0.4) is 0 Å². The summed E-state index contributed by atoms with van der Waals surface area (Å²) in [7, 11) is 0. The van der Waals surface area contributed by atoms with E-state index in [1.165, 1.54) is 45.4 Å². The second-order valence-corrected chi connectivity index (χ2v) is 8.83. The summed E-state index contributed by atoms with van der Waals surface area (Å²) >= 11 is 0. The van der Waals surface area contributed by atoms with Gasteiger partial charge in [-0.25, -0.2) is 9.59 Å². The first-order chi connectivity index (χ1) is 12.4. The summed E-state index contributed by atoms with van der Waals surface area (Å²) in [5.74, 6) is 1.51. The van der Waals surface area contributed by atoms with Crippen molar-refractivity contribution in [1.82, 2.24) is 10.2 Å². The summed E-state index contributed by atoms with van der Waals surface area (Å²) in [6.45, 7) is 4.34. The molecule has 3 amide bonds. The second-order valence-electron chi connectivity index (χ2n) is 8.83. The largest absolute Gasteiger partial charge is 0.449 e. The normalized spacial score (nSPS) is 36.8. The maximum Gasteiger partial charge on any atom is 0.331 e. The number of carbonyl (C=O) groups excluding carboxylic acids is 3. The smallest absolute Gasteiger partial charge is 0.331 e. The van der Waals surface area contributed by atoms with E-state index >= 15 is 0 Å². The molecule has 4 aliphatic carbocycles. The number of ether oxygens (including phenoxy) is 1. The number of amides is 3. The zero-order valence-electron chi connectivity index (χ0n) is 15.6. The van der Waals surface area contributed by atoms with Gasteiger partial charge in [-0.05, 0) is 75.5 Å². The number of allylic oxidation sites excluding steroid dienone is 1. The Bertz CT molecular complexity index is 633. The molecule has 4 saturated carbocycles. The van der Waals surface area contributed by atoms with Gasteiger partial charge < -0.3 is 10.1 Å². The number of hydrogen-bond acceptors (Lipinski definition) is 4. The van der Waals surface area contributed by atoms with E-state index < -0.39 is 24.0 Å². The number of nitrogens with one attached hydrogen (secondary N) is 1. The van der Waals surface area contributed by atoms with Gasteiger partial charge >= 0.3 is 12.0 Å². The molecule has 0 aromatic carbocycles. The Morgan fingerprint density at radius 1 is 1.19 bits per heavy atom. The molecule has 1 aliphatic heterocycles. The van der Waals surface area contributed by atoms with Crippen molar-refractivity contribution in [3.63, 3.8) is 0 Å². The van der Waals surface area contributed by atoms with Crippen LogP contribution < -0.4 is 5.32 Å². The number of nitrogens with zero attached hydrogens (tertiary/aromatic N) is 1. The van der Waals surface area contributed by atoms with E-state index in [0.717, 1.165) is 28.2 Å². The molecule has 5 rings (SSSR count). The van der Waals surface area contributed by atoms with Crippen molar-refractivity contribution < 1.29 is 19.1 Å².